The molecule has 0 radical (unpaired) electrons. The Hall–Kier alpha value is -1.33. The molecule has 0 aliphatic heterocycles. The Kier molecular flexibility index (Phi) is 4.38. The van der Waals surface area contributed by atoms with Crippen LogP contribution in [0.15, 0.2) is 22.1 Å². The number of ether oxygens (including phenoxy) is 1. The number of nitrogens with one attached hydrogen (secondary N) is 1. The summed E-state index contributed by atoms with van der Waals surface area (Å²) < 4.78 is 11.0. The lowest BCUT2D eigenvalue weighted by Crippen LogP contribution is -2.18. The quantitative estimate of drug-likeness (QED) is 0.872. The van der Waals surface area contributed by atoms with Gasteiger partial charge in [-0.25, -0.2) is 4.98 Å². The zero-order chi connectivity index (χ0) is 13.0. The maximum absolute atomic E-state index is 5.71. The van der Waals surface area contributed by atoms with E-state index in [9.17, 15) is 0 Å². The normalized spacial score (nSPS) is 11.1. The van der Waals surface area contributed by atoms with E-state index in [4.69, 9.17) is 9.15 Å². The third kappa shape index (κ3) is 3.11. The molecule has 2 rings (SSSR count). The summed E-state index contributed by atoms with van der Waals surface area (Å²) in [7, 11) is 1.66. The van der Waals surface area contributed by atoms with Gasteiger partial charge in [-0.2, -0.15) is 0 Å². The molecule has 0 bridgehead atoms. The molecule has 2 heterocycles. The summed E-state index contributed by atoms with van der Waals surface area (Å²) in [5.74, 6) is 2.93. The second-order valence-corrected chi connectivity index (χ2v) is 5.38. The van der Waals surface area contributed by atoms with E-state index in [1.165, 1.54) is 0 Å². The number of aromatic nitrogens is 1. The van der Waals surface area contributed by atoms with Crippen molar-refractivity contribution in [3.05, 3.63) is 23.5 Å². The molecule has 0 fully saturated rings. The number of methoxy groups -OCH3 is 1. The van der Waals surface area contributed by atoms with Crippen LogP contribution in [0.25, 0.3) is 10.6 Å². The van der Waals surface area contributed by atoms with E-state index in [0.29, 0.717) is 18.4 Å². The van der Waals surface area contributed by atoms with Crippen molar-refractivity contribution in [2.45, 2.75) is 20.4 Å². The fraction of sp³-hybridized carbons (Fsp3) is 0.462. The molecule has 0 aliphatic rings. The summed E-state index contributed by atoms with van der Waals surface area (Å²) in [5, 5.41) is 5.28. The molecule has 2 aromatic rings. The molecule has 18 heavy (non-hydrogen) atoms. The molecule has 0 amide bonds. The highest BCUT2D eigenvalue weighted by Crippen LogP contribution is 2.35. The maximum atomic E-state index is 5.71. The van der Waals surface area contributed by atoms with Crippen molar-refractivity contribution in [3.63, 3.8) is 0 Å². The molecule has 0 saturated carbocycles. The Morgan fingerprint density at radius 2 is 2.33 bits per heavy atom. The van der Waals surface area contributed by atoms with Crippen molar-refractivity contribution in [2.24, 2.45) is 5.92 Å². The van der Waals surface area contributed by atoms with E-state index in [1.54, 1.807) is 24.6 Å². The Balaban J connectivity index is 2.02. The summed E-state index contributed by atoms with van der Waals surface area (Å²) in [6.45, 7) is 5.96. The lowest BCUT2D eigenvalue weighted by atomic mass is 10.2. The maximum Gasteiger partial charge on any atom is 0.208 e. The van der Waals surface area contributed by atoms with Gasteiger partial charge in [0.05, 0.1) is 19.9 Å². The van der Waals surface area contributed by atoms with Crippen molar-refractivity contribution < 1.29 is 9.15 Å². The van der Waals surface area contributed by atoms with Crippen molar-refractivity contribution in [3.8, 4) is 16.4 Å². The number of nitrogens with zero attached hydrogens (tertiary/aromatic N) is 1. The predicted molar refractivity (Wildman–Crippen MR) is 72.9 cm³/mol. The van der Waals surface area contributed by atoms with Gasteiger partial charge in [-0.15, -0.1) is 11.3 Å². The highest BCUT2D eigenvalue weighted by Gasteiger charge is 2.12. The molecule has 0 atom stereocenters. The monoisotopic (exact) mass is 266 g/mol. The van der Waals surface area contributed by atoms with Crippen molar-refractivity contribution in [1.29, 1.82) is 0 Å². The van der Waals surface area contributed by atoms with Gasteiger partial charge in [-0.3, -0.25) is 0 Å². The highest BCUT2D eigenvalue weighted by atomic mass is 32.1. The topological polar surface area (TPSA) is 47.3 Å². The van der Waals surface area contributed by atoms with Gasteiger partial charge in [0.1, 0.15) is 10.6 Å². The van der Waals surface area contributed by atoms with Crippen LogP contribution in [-0.2, 0) is 6.54 Å². The third-order valence-corrected chi connectivity index (χ3v) is 3.37. The number of rotatable bonds is 6. The summed E-state index contributed by atoms with van der Waals surface area (Å²) in [6, 6.07) is 1.93. The molecule has 1 N–H and O–H groups in total. The molecule has 0 aliphatic carbocycles. The van der Waals surface area contributed by atoms with Gasteiger partial charge in [0.15, 0.2) is 5.76 Å². The largest absolute Gasteiger partial charge is 0.495 e. The zero-order valence-electron chi connectivity index (χ0n) is 10.9. The molecule has 0 aromatic carbocycles. The Morgan fingerprint density at radius 1 is 1.50 bits per heavy atom. The number of thiophene rings is 1. The van der Waals surface area contributed by atoms with Crippen molar-refractivity contribution >= 4 is 11.3 Å². The minimum absolute atomic E-state index is 0.622. The molecule has 2 aromatic heterocycles. The number of hydrogen-bond donors (Lipinski definition) is 1. The fourth-order valence-corrected chi connectivity index (χ4v) is 2.41. The average molecular weight is 266 g/mol. The van der Waals surface area contributed by atoms with Crippen LogP contribution in [0.5, 0.6) is 5.75 Å². The van der Waals surface area contributed by atoms with E-state index in [1.807, 2.05) is 11.4 Å². The van der Waals surface area contributed by atoms with E-state index in [0.717, 1.165) is 22.9 Å². The second kappa shape index (κ2) is 6.02. The van der Waals surface area contributed by atoms with Gasteiger partial charge >= 0.3 is 0 Å². The lowest BCUT2D eigenvalue weighted by Gasteiger charge is -2.04. The van der Waals surface area contributed by atoms with Crippen LogP contribution >= 0.6 is 11.3 Å². The first-order chi connectivity index (χ1) is 8.70. The van der Waals surface area contributed by atoms with Crippen molar-refractivity contribution in [2.75, 3.05) is 13.7 Å². The predicted octanol–water partition coefficient (Wildman–Crippen LogP) is 3.16. The number of hydrogen-bond acceptors (Lipinski definition) is 5. The summed E-state index contributed by atoms with van der Waals surface area (Å²) in [5.41, 5.74) is 0. The summed E-state index contributed by atoms with van der Waals surface area (Å²) in [6.07, 6.45) is 1.75. The lowest BCUT2D eigenvalue weighted by molar-refractivity contribution is 0.415. The van der Waals surface area contributed by atoms with Crippen LogP contribution in [0.3, 0.4) is 0 Å². The molecule has 0 spiro atoms. The molecule has 98 valence electrons. The molecule has 0 saturated heterocycles. The minimum Gasteiger partial charge on any atom is -0.495 e. The molecule has 0 unspecified atom stereocenters. The van der Waals surface area contributed by atoms with Crippen LogP contribution in [-0.4, -0.2) is 18.6 Å². The Labute approximate surface area is 111 Å². The van der Waals surface area contributed by atoms with Gasteiger partial charge in [-0.1, -0.05) is 13.8 Å². The van der Waals surface area contributed by atoms with Gasteiger partial charge in [0.25, 0.3) is 0 Å². The van der Waals surface area contributed by atoms with E-state index in [-0.39, 0.29) is 0 Å². The molecular formula is C13H18N2O2S. The zero-order valence-corrected chi connectivity index (χ0v) is 11.7. The van der Waals surface area contributed by atoms with Crippen LogP contribution in [0.4, 0.5) is 0 Å². The first-order valence-electron chi connectivity index (χ1n) is 5.98. The fourth-order valence-electron chi connectivity index (χ4n) is 1.60. The summed E-state index contributed by atoms with van der Waals surface area (Å²) in [4.78, 5) is 5.25. The number of oxazole rings is 1. The molecular weight excluding hydrogens is 248 g/mol. The van der Waals surface area contributed by atoms with Gasteiger partial charge in [0, 0.05) is 0 Å². The van der Waals surface area contributed by atoms with Crippen LogP contribution in [0.1, 0.15) is 19.7 Å². The first kappa shape index (κ1) is 13.1. The van der Waals surface area contributed by atoms with E-state index >= 15 is 0 Å². The molecule has 5 heteroatoms. The minimum atomic E-state index is 0.622. The standard InChI is InChI=1S/C13H18N2O2S/c1-9(2)6-14-8-12-15-7-11(17-12)13-10(16-3)4-5-18-13/h4-5,7,9,14H,6,8H2,1-3H3. The Morgan fingerprint density at radius 3 is 3.06 bits per heavy atom. The Bertz CT molecular complexity index is 491. The summed E-state index contributed by atoms with van der Waals surface area (Å²) >= 11 is 1.59. The molecule has 4 nitrogen and oxygen atoms in total. The third-order valence-electron chi connectivity index (χ3n) is 2.46. The highest BCUT2D eigenvalue weighted by molar-refractivity contribution is 7.13. The van der Waals surface area contributed by atoms with Crippen LogP contribution in [0.2, 0.25) is 0 Å². The van der Waals surface area contributed by atoms with Crippen LogP contribution < -0.4 is 10.1 Å². The second-order valence-electron chi connectivity index (χ2n) is 4.46. The van der Waals surface area contributed by atoms with Gasteiger partial charge in [0.2, 0.25) is 5.89 Å². The van der Waals surface area contributed by atoms with Gasteiger partial charge in [-0.05, 0) is 23.9 Å². The van der Waals surface area contributed by atoms with Crippen LogP contribution in [0, 0.1) is 5.92 Å². The first-order valence-corrected chi connectivity index (χ1v) is 6.86. The van der Waals surface area contributed by atoms with E-state index < -0.39 is 0 Å². The van der Waals surface area contributed by atoms with E-state index in [2.05, 4.69) is 24.1 Å². The SMILES string of the molecule is COc1ccsc1-c1cnc(CNCC(C)C)o1. The van der Waals surface area contributed by atoms with Gasteiger partial charge < -0.3 is 14.5 Å². The average Bonchev–Trinajstić information content (AvgIpc) is 2.95. The van der Waals surface area contributed by atoms with Crippen molar-refractivity contribution in [1.82, 2.24) is 10.3 Å². The smallest absolute Gasteiger partial charge is 0.208 e.